The van der Waals surface area contributed by atoms with E-state index in [1.54, 1.807) is 18.2 Å². The van der Waals surface area contributed by atoms with E-state index in [1.807, 2.05) is 24.3 Å². The molecule has 1 N–H and O–H groups in total. The van der Waals surface area contributed by atoms with Gasteiger partial charge in [-0.1, -0.05) is 39.7 Å². The molecule has 0 spiro atoms. The minimum atomic E-state index is -0.506. The maximum Gasteiger partial charge on any atom is 0.294 e. The van der Waals surface area contributed by atoms with Gasteiger partial charge in [0.15, 0.2) is 0 Å². The van der Waals surface area contributed by atoms with E-state index in [0.717, 1.165) is 26.7 Å². The monoisotopic (exact) mass is 480 g/mol. The first-order valence-corrected chi connectivity index (χ1v) is 10.0. The summed E-state index contributed by atoms with van der Waals surface area (Å²) < 4.78 is 5.96. The van der Waals surface area contributed by atoms with Gasteiger partial charge in [0, 0.05) is 10.2 Å². The van der Waals surface area contributed by atoms with Gasteiger partial charge < -0.3 is 10.1 Å². The molecule has 2 aromatic carbocycles. The molecule has 0 aromatic heterocycles. The quantitative estimate of drug-likeness (QED) is 0.622. The Morgan fingerprint density at radius 1 is 1.25 bits per heavy atom. The van der Waals surface area contributed by atoms with Gasteiger partial charge in [-0.3, -0.25) is 19.3 Å². The molecule has 1 saturated heterocycles. The van der Waals surface area contributed by atoms with Crippen LogP contribution in [0.25, 0.3) is 6.08 Å². The topological polar surface area (TPSA) is 75.7 Å². The minimum Gasteiger partial charge on any atom is -0.495 e. The standard InChI is InChI=1S/C19H14BrClN2O4S/c1-27-15-7-6-13(9-14(15)21)22-17(24)10-23-18(25)16(28-19(23)26)8-11-2-4-12(20)5-3-11/h2-9H,10H2,1H3,(H,22,24)/b16-8+. The van der Waals surface area contributed by atoms with Gasteiger partial charge in [-0.05, 0) is 53.7 Å². The molecule has 0 aliphatic carbocycles. The van der Waals surface area contributed by atoms with E-state index in [0.29, 0.717) is 16.5 Å². The molecule has 9 heteroatoms. The number of hydrogen-bond donors (Lipinski definition) is 1. The number of thioether (sulfide) groups is 1. The fraction of sp³-hybridized carbons (Fsp3) is 0.105. The van der Waals surface area contributed by atoms with Gasteiger partial charge in [0.05, 0.1) is 17.0 Å². The molecule has 0 unspecified atom stereocenters. The highest BCUT2D eigenvalue weighted by Crippen LogP contribution is 2.32. The van der Waals surface area contributed by atoms with Gasteiger partial charge >= 0.3 is 0 Å². The number of methoxy groups -OCH3 is 1. The number of nitrogens with one attached hydrogen (secondary N) is 1. The van der Waals surface area contributed by atoms with Crippen LogP contribution in [0.3, 0.4) is 0 Å². The van der Waals surface area contributed by atoms with E-state index < -0.39 is 17.1 Å². The van der Waals surface area contributed by atoms with E-state index in [-0.39, 0.29) is 11.4 Å². The highest BCUT2D eigenvalue weighted by atomic mass is 79.9. The normalized spacial score (nSPS) is 15.2. The van der Waals surface area contributed by atoms with Gasteiger partial charge in [0.1, 0.15) is 12.3 Å². The van der Waals surface area contributed by atoms with Crippen molar-refractivity contribution in [2.75, 3.05) is 19.0 Å². The SMILES string of the molecule is COc1ccc(NC(=O)CN2C(=O)S/C(=C/c3ccc(Br)cc3)C2=O)cc1Cl. The summed E-state index contributed by atoms with van der Waals surface area (Å²) in [5.41, 5.74) is 1.22. The summed E-state index contributed by atoms with van der Waals surface area (Å²) in [5, 5.41) is 2.46. The molecule has 0 saturated carbocycles. The second-order valence-electron chi connectivity index (χ2n) is 5.72. The molecule has 1 aliphatic heterocycles. The summed E-state index contributed by atoms with van der Waals surface area (Å²) >= 11 is 10.2. The Balaban J connectivity index is 1.67. The molecule has 3 rings (SSSR count). The van der Waals surface area contributed by atoms with Crippen molar-refractivity contribution in [2.24, 2.45) is 0 Å². The van der Waals surface area contributed by atoms with Crippen molar-refractivity contribution in [2.45, 2.75) is 0 Å². The molecule has 2 aromatic rings. The number of hydrogen-bond acceptors (Lipinski definition) is 5. The van der Waals surface area contributed by atoms with Gasteiger partial charge in [-0.15, -0.1) is 0 Å². The molecule has 1 fully saturated rings. The average Bonchev–Trinajstić information content (AvgIpc) is 2.91. The van der Waals surface area contributed by atoms with Gasteiger partial charge in [0.25, 0.3) is 11.1 Å². The first-order chi connectivity index (χ1) is 13.4. The highest BCUT2D eigenvalue weighted by Gasteiger charge is 2.36. The number of halogens is 2. The minimum absolute atomic E-state index is 0.271. The van der Waals surface area contributed by atoms with Crippen LogP contribution in [-0.2, 0) is 9.59 Å². The lowest BCUT2D eigenvalue weighted by atomic mass is 10.2. The maximum absolute atomic E-state index is 12.5. The number of carbonyl (C=O) groups is 3. The zero-order valence-electron chi connectivity index (χ0n) is 14.6. The van der Waals surface area contributed by atoms with Crippen LogP contribution < -0.4 is 10.1 Å². The Bertz CT molecular complexity index is 978. The number of benzene rings is 2. The smallest absolute Gasteiger partial charge is 0.294 e. The average molecular weight is 482 g/mol. The van der Waals surface area contributed by atoms with Crippen LogP contribution in [0, 0.1) is 0 Å². The third-order valence-corrected chi connectivity index (χ3v) is 5.51. The number of nitrogens with zero attached hydrogens (tertiary/aromatic N) is 1. The van der Waals surface area contributed by atoms with E-state index in [9.17, 15) is 14.4 Å². The van der Waals surface area contributed by atoms with Crippen LogP contribution in [0.5, 0.6) is 5.75 Å². The second-order valence-corrected chi connectivity index (χ2v) is 8.03. The Labute approximate surface area is 179 Å². The summed E-state index contributed by atoms with van der Waals surface area (Å²) in [6, 6.07) is 12.1. The second kappa shape index (κ2) is 8.81. The summed E-state index contributed by atoms with van der Waals surface area (Å²) in [6.45, 7) is -0.383. The zero-order chi connectivity index (χ0) is 20.3. The molecule has 0 radical (unpaired) electrons. The van der Waals surface area contributed by atoms with Crippen molar-refractivity contribution in [3.8, 4) is 5.75 Å². The van der Waals surface area contributed by atoms with Crippen molar-refractivity contribution >= 4 is 68.1 Å². The van der Waals surface area contributed by atoms with Gasteiger partial charge in [-0.2, -0.15) is 0 Å². The molecule has 0 atom stereocenters. The van der Waals surface area contributed by atoms with Crippen LogP contribution in [0.4, 0.5) is 10.5 Å². The lowest BCUT2D eigenvalue weighted by Gasteiger charge is -2.13. The predicted octanol–water partition coefficient (Wildman–Crippen LogP) is 4.79. The Morgan fingerprint density at radius 2 is 1.96 bits per heavy atom. The summed E-state index contributed by atoms with van der Waals surface area (Å²) in [7, 11) is 1.49. The summed E-state index contributed by atoms with van der Waals surface area (Å²) in [6.07, 6.45) is 1.62. The molecule has 0 bridgehead atoms. The largest absolute Gasteiger partial charge is 0.495 e. The van der Waals surface area contributed by atoms with Crippen molar-refractivity contribution in [1.29, 1.82) is 0 Å². The molecular weight excluding hydrogens is 468 g/mol. The van der Waals surface area contributed by atoms with Crippen LogP contribution in [0.2, 0.25) is 5.02 Å². The van der Waals surface area contributed by atoms with E-state index in [1.165, 1.54) is 13.2 Å². The van der Waals surface area contributed by atoms with Crippen molar-refractivity contribution in [1.82, 2.24) is 4.90 Å². The van der Waals surface area contributed by atoms with E-state index in [4.69, 9.17) is 16.3 Å². The Hall–Kier alpha value is -2.29. The van der Waals surface area contributed by atoms with E-state index in [2.05, 4.69) is 21.2 Å². The van der Waals surface area contributed by atoms with Crippen molar-refractivity contribution in [3.05, 3.63) is 62.4 Å². The number of rotatable bonds is 5. The summed E-state index contributed by atoms with van der Waals surface area (Å²) in [5.74, 6) is -0.530. The van der Waals surface area contributed by atoms with Crippen molar-refractivity contribution < 1.29 is 19.1 Å². The number of imide groups is 1. The van der Waals surface area contributed by atoms with Crippen molar-refractivity contribution in [3.63, 3.8) is 0 Å². The molecule has 3 amide bonds. The fourth-order valence-corrected chi connectivity index (χ4v) is 3.80. The molecule has 144 valence electrons. The van der Waals surface area contributed by atoms with E-state index >= 15 is 0 Å². The highest BCUT2D eigenvalue weighted by molar-refractivity contribution is 9.10. The number of amides is 3. The lowest BCUT2D eigenvalue weighted by Crippen LogP contribution is -2.36. The Morgan fingerprint density at radius 3 is 2.61 bits per heavy atom. The first-order valence-electron chi connectivity index (χ1n) is 8.01. The molecule has 1 aliphatic rings. The van der Waals surface area contributed by atoms with Gasteiger partial charge in [-0.25, -0.2) is 0 Å². The number of anilines is 1. The molecule has 1 heterocycles. The van der Waals surface area contributed by atoms with Gasteiger partial charge in [0.2, 0.25) is 5.91 Å². The molecule has 6 nitrogen and oxygen atoms in total. The lowest BCUT2D eigenvalue weighted by molar-refractivity contribution is -0.127. The Kier molecular flexibility index (Phi) is 6.43. The maximum atomic E-state index is 12.5. The summed E-state index contributed by atoms with van der Waals surface area (Å²) in [4.78, 5) is 38.1. The number of ether oxygens (including phenoxy) is 1. The molecular formula is C19H14BrClN2O4S. The third kappa shape index (κ3) is 4.76. The fourth-order valence-electron chi connectivity index (χ4n) is 2.43. The third-order valence-electron chi connectivity index (χ3n) is 3.78. The first kappa shape index (κ1) is 20.4. The van der Waals surface area contributed by atoms with Crippen LogP contribution in [-0.4, -0.2) is 35.6 Å². The van der Waals surface area contributed by atoms with Crippen LogP contribution in [0.1, 0.15) is 5.56 Å². The molecule has 28 heavy (non-hydrogen) atoms. The van der Waals surface area contributed by atoms with Crippen LogP contribution >= 0.6 is 39.3 Å². The predicted molar refractivity (Wildman–Crippen MR) is 113 cm³/mol. The zero-order valence-corrected chi connectivity index (χ0v) is 17.7. The number of carbonyl (C=O) groups excluding carboxylic acids is 3. The van der Waals surface area contributed by atoms with Crippen LogP contribution in [0.15, 0.2) is 51.8 Å².